The van der Waals surface area contributed by atoms with Crippen molar-refractivity contribution < 1.29 is 14.3 Å². The Morgan fingerprint density at radius 2 is 1.97 bits per heavy atom. The highest BCUT2D eigenvalue weighted by Gasteiger charge is 2.58. The quantitative estimate of drug-likeness (QED) is 0.547. The molecule has 4 aliphatic carbocycles. The molecule has 8 nitrogen and oxygen atoms in total. The smallest absolute Gasteiger partial charge is 0.273 e. The van der Waals surface area contributed by atoms with Gasteiger partial charge in [-0.3, -0.25) is 14.3 Å². The molecule has 5 rings (SSSR count). The van der Waals surface area contributed by atoms with E-state index in [-0.39, 0.29) is 29.0 Å². The van der Waals surface area contributed by atoms with Gasteiger partial charge in [0.2, 0.25) is 5.91 Å². The van der Waals surface area contributed by atoms with E-state index in [1.54, 1.807) is 11.8 Å². The van der Waals surface area contributed by atoms with Crippen molar-refractivity contribution in [3.8, 4) is 0 Å². The first-order valence-corrected chi connectivity index (χ1v) is 12.2. The van der Waals surface area contributed by atoms with Crippen molar-refractivity contribution in [2.24, 2.45) is 30.2 Å². The van der Waals surface area contributed by atoms with Crippen LogP contribution in [0.2, 0.25) is 5.02 Å². The van der Waals surface area contributed by atoms with Gasteiger partial charge in [0.05, 0.1) is 12.0 Å². The number of aromatic nitrogens is 2. The second-order valence-corrected chi connectivity index (χ2v) is 10.4. The molecule has 1 aromatic heterocycles. The third-order valence-corrected chi connectivity index (χ3v) is 8.09. The van der Waals surface area contributed by atoms with Crippen LogP contribution in [-0.4, -0.2) is 61.5 Å². The lowest BCUT2D eigenvalue weighted by molar-refractivity contribution is -0.149. The summed E-state index contributed by atoms with van der Waals surface area (Å²) in [7, 11) is 5.42. The summed E-state index contributed by atoms with van der Waals surface area (Å²) in [5, 5.41) is 11.2. The van der Waals surface area contributed by atoms with E-state index < -0.39 is 0 Å². The average Bonchev–Trinajstić information content (AvgIpc) is 3.04. The number of hydrogen-bond acceptors (Lipinski definition) is 5. The largest absolute Gasteiger partial charge is 0.383 e. The summed E-state index contributed by atoms with van der Waals surface area (Å²) < 4.78 is 6.76. The van der Waals surface area contributed by atoms with Crippen LogP contribution in [0.4, 0.5) is 5.82 Å². The summed E-state index contributed by atoms with van der Waals surface area (Å²) in [6, 6.07) is 0.0776. The van der Waals surface area contributed by atoms with Crippen LogP contribution in [0.1, 0.15) is 55.9 Å². The van der Waals surface area contributed by atoms with E-state index in [0.29, 0.717) is 35.9 Å². The zero-order valence-corrected chi connectivity index (χ0v) is 20.4. The van der Waals surface area contributed by atoms with Crippen LogP contribution in [0.5, 0.6) is 0 Å². The fourth-order valence-electron chi connectivity index (χ4n) is 6.70. The number of rotatable bonds is 9. The third kappa shape index (κ3) is 4.12. The number of methoxy groups -OCH3 is 1. The number of ether oxygens (including phenoxy) is 1. The first-order valence-electron chi connectivity index (χ1n) is 11.8. The fourth-order valence-corrected chi connectivity index (χ4v) is 7.09. The number of nitrogens with zero attached hydrogens (tertiary/aromatic N) is 3. The number of anilines is 1. The van der Waals surface area contributed by atoms with Crippen LogP contribution >= 0.6 is 11.6 Å². The average molecular weight is 466 g/mol. The maximum atomic E-state index is 13.2. The molecule has 0 aliphatic heterocycles. The summed E-state index contributed by atoms with van der Waals surface area (Å²) in [4.78, 5) is 28.3. The van der Waals surface area contributed by atoms with Gasteiger partial charge in [0.1, 0.15) is 10.8 Å². The predicted molar refractivity (Wildman–Crippen MR) is 124 cm³/mol. The van der Waals surface area contributed by atoms with Crippen LogP contribution in [0.15, 0.2) is 0 Å². The summed E-state index contributed by atoms with van der Waals surface area (Å²) in [6.45, 7) is 4.01. The Kier molecular flexibility index (Phi) is 6.73. The minimum atomic E-state index is -0.288. The van der Waals surface area contributed by atoms with Gasteiger partial charge in [-0.25, -0.2) is 0 Å². The predicted octanol–water partition coefficient (Wildman–Crippen LogP) is 2.61. The third-order valence-electron chi connectivity index (χ3n) is 7.74. The maximum absolute atomic E-state index is 13.2. The molecule has 0 radical (unpaired) electrons. The van der Waals surface area contributed by atoms with E-state index in [0.717, 1.165) is 50.9 Å². The molecule has 9 heteroatoms. The fraction of sp³-hybridized carbons (Fsp3) is 0.783. The van der Waals surface area contributed by atoms with Crippen molar-refractivity contribution in [3.05, 3.63) is 10.7 Å². The molecular weight excluding hydrogens is 430 g/mol. The molecule has 4 fully saturated rings. The molecule has 2 amide bonds. The summed E-state index contributed by atoms with van der Waals surface area (Å²) in [6.07, 6.45) is 5.78. The van der Waals surface area contributed by atoms with Crippen LogP contribution in [-0.2, 0) is 16.6 Å². The number of carbonyl (C=O) groups excluding carboxylic acids is 2. The number of amides is 2. The van der Waals surface area contributed by atoms with Gasteiger partial charge in [-0.15, -0.1) is 0 Å². The highest BCUT2D eigenvalue weighted by atomic mass is 35.5. The first-order chi connectivity index (χ1) is 15.3. The highest BCUT2D eigenvalue weighted by Crippen LogP contribution is 2.60. The Labute approximate surface area is 195 Å². The molecule has 0 saturated heterocycles. The number of hydrogen-bond donors (Lipinski definition) is 2. The highest BCUT2D eigenvalue weighted by molar-refractivity contribution is 6.36. The minimum absolute atomic E-state index is 0.0776. The molecule has 1 heterocycles. The van der Waals surface area contributed by atoms with E-state index in [9.17, 15) is 9.59 Å². The van der Waals surface area contributed by atoms with Gasteiger partial charge in [-0.05, 0) is 56.3 Å². The van der Waals surface area contributed by atoms with Crippen molar-refractivity contribution in [2.75, 3.05) is 38.8 Å². The number of aryl methyl sites for hydroxylation is 1. The maximum Gasteiger partial charge on any atom is 0.273 e. The van der Waals surface area contributed by atoms with E-state index in [1.807, 2.05) is 19.0 Å². The molecule has 1 aromatic rings. The second-order valence-electron chi connectivity index (χ2n) is 10.0. The van der Waals surface area contributed by atoms with Gasteiger partial charge in [0.25, 0.3) is 5.91 Å². The monoisotopic (exact) mass is 465 g/mol. The zero-order valence-electron chi connectivity index (χ0n) is 19.6. The van der Waals surface area contributed by atoms with Gasteiger partial charge in [0.15, 0.2) is 5.69 Å². The molecule has 178 valence electrons. The Bertz CT molecular complexity index is 856. The van der Waals surface area contributed by atoms with E-state index >= 15 is 0 Å². The van der Waals surface area contributed by atoms with Gasteiger partial charge >= 0.3 is 0 Å². The molecule has 0 aromatic carbocycles. The summed E-state index contributed by atoms with van der Waals surface area (Å²) >= 11 is 6.60. The van der Waals surface area contributed by atoms with Gasteiger partial charge in [-0.1, -0.05) is 18.5 Å². The number of nitrogens with one attached hydrogen (secondary N) is 2. The van der Waals surface area contributed by atoms with Crippen molar-refractivity contribution >= 4 is 29.2 Å². The molecule has 4 aliphatic rings. The van der Waals surface area contributed by atoms with Gasteiger partial charge in [-0.2, -0.15) is 5.10 Å². The van der Waals surface area contributed by atoms with Crippen LogP contribution in [0.25, 0.3) is 0 Å². The molecule has 2 unspecified atom stereocenters. The molecule has 2 atom stereocenters. The number of carbonyl (C=O) groups is 2. The van der Waals surface area contributed by atoms with Gasteiger partial charge < -0.3 is 20.3 Å². The molecule has 32 heavy (non-hydrogen) atoms. The van der Waals surface area contributed by atoms with Crippen molar-refractivity contribution in [1.29, 1.82) is 0 Å². The molecule has 2 N–H and O–H groups in total. The van der Waals surface area contributed by atoms with Crippen LogP contribution in [0.3, 0.4) is 0 Å². The molecule has 4 saturated carbocycles. The normalized spacial score (nSPS) is 30.4. The summed E-state index contributed by atoms with van der Waals surface area (Å²) in [5.74, 6) is 1.93. The lowest BCUT2D eigenvalue weighted by Gasteiger charge is -2.59. The molecular formula is C23H36ClN5O3. The Morgan fingerprint density at radius 3 is 2.59 bits per heavy atom. The van der Waals surface area contributed by atoms with E-state index in [4.69, 9.17) is 16.3 Å². The lowest BCUT2D eigenvalue weighted by atomic mass is 9.47. The zero-order chi connectivity index (χ0) is 23.0. The SMILES string of the molecule is CCCN(C)c1c(Cl)c(C(=O)NC2C3CC4CC2CC(C(=O)NCCOC)(C4)C3)nn1C. The van der Waals surface area contributed by atoms with Crippen molar-refractivity contribution in [1.82, 2.24) is 20.4 Å². The topological polar surface area (TPSA) is 88.5 Å². The minimum Gasteiger partial charge on any atom is -0.383 e. The lowest BCUT2D eigenvalue weighted by Crippen LogP contribution is -2.62. The van der Waals surface area contributed by atoms with Gasteiger partial charge in [0, 0.05) is 40.3 Å². The molecule has 0 spiro atoms. The summed E-state index contributed by atoms with van der Waals surface area (Å²) in [5.41, 5.74) is -0.00242. The second kappa shape index (κ2) is 9.21. The molecule has 4 bridgehead atoms. The van der Waals surface area contributed by atoms with Crippen molar-refractivity contribution in [3.63, 3.8) is 0 Å². The Hall–Kier alpha value is -1.80. The van der Waals surface area contributed by atoms with Crippen LogP contribution in [0, 0.1) is 23.2 Å². The Balaban J connectivity index is 1.46. The van der Waals surface area contributed by atoms with Crippen LogP contribution < -0.4 is 15.5 Å². The standard InChI is InChI=1S/C23H36ClN5O3/c1-5-7-28(2)21-17(24)19(27-29(21)3)20(30)26-18-15-9-14-10-16(18)13-23(11-14,12-15)22(31)25-6-8-32-4/h14-16,18H,5-13H2,1-4H3,(H,25,31)(H,26,30). The Morgan fingerprint density at radius 1 is 1.28 bits per heavy atom. The number of halogens is 1. The van der Waals surface area contributed by atoms with E-state index in [2.05, 4.69) is 22.7 Å². The van der Waals surface area contributed by atoms with E-state index in [1.165, 1.54) is 0 Å². The van der Waals surface area contributed by atoms with Crippen molar-refractivity contribution in [2.45, 2.75) is 51.5 Å². The first kappa shape index (κ1) is 23.4.